The van der Waals surface area contributed by atoms with Crippen LogP contribution in [0.5, 0.6) is 0 Å². The van der Waals surface area contributed by atoms with Crippen LogP contribution in [-0.2, 0) is 28.6 Å². The highest BCUT2D eigenvalue weighted by Crippen LogP contribution is 2.12. The molecule has 0 aliphatic heterocycles. The fraction of sp³-hybridized carbons (Fsp3) is 0.646. The van der Waals surface area contributed by atoms with Gasteiger partial charge in [0.05, 0.1) is 40.3 Å². The quantitative estimate of drug-likeness (QED) is 0.0203. The third-order valence-corrected chi connectivity index (χ3v) is 9.11. The maximum atomic E-state index is 12.7. The molecule has 0 amide bonds. The van der Waals surface area contributed by atoms with E-state index in [1.807, 2.05) is 6.08 Å². The average molecular weight is 782 g/mol. The smallest absolute Gasteiger partial charge is 0.306 e. The van der Waals surface area contributed by atoms with Crippen LogP contribution in [0.2, 0.25) is 0 Å². The van der Waals surface area contributed by atoms with Crippen LogP contribution in [0.1, 0.15) is 149 Å². The molecule has 0 fully saturated rings. The van der Waals surface area contributed by atoms with Crippen LogP contribution < -0.4 is 5.11 Å². The summed E-state index contributed by atoms with van der Waals surface area (Å²) in [7, 11) is 5.38. The van der Waals surface area contributed by atoms with E-state index in [4.69, 9.17) is 14.2 Å². The molecule has 56 heavy (non-hydrogen) atoms. The molecule has 0 rings (SSSR count). The molecule has 0 aromatic rings. The van der Waals surface area contributed by atoms with Gasteiger partial charge in [0.25, 0.3) is 0 Å². The molecule has 0 spiro atoms. The van der Waals surface area contributed by atoms with Crippen LogP contribution in [0, 0.1) is 0 Å². The number of carbonyl (C=O) groups is 3. The number of rotatable bonds is 37. The van der Waals surface area contributed by atoms with Crippen molar-refractivity contribution >= 4 is 17.9 Å². The van der Waals surface area contributed by atoms with E-state index in [9.17, 15) is 19.5 Å². The summed E-state index contributed by atoms with van der Waals surface area (Å²) in [6, 6.07) is -0.738. The summed E-state index contributed by atoms with van der Waals surface area (Å²) in [6.07, 6.45) is 48.9. The minimum absolute atomic E-state index is 0.0182. The molecule has 8 heteroatoms. The van der Waals surface area contributed by atoms with E-state index in [1.165, 1.54) is 19.3 Å². The zero-order valence-electron chi connectivity index (χ0n) is 36.0. The third-order valence-electron chi connectivity index (χ3n) is 9.11. The van der Waals surface area contributed by atoms with E-state index in [0.29, 0.717) is 6.42 Å². The van der Waals surface area contributed by atoms with Crippen molar-refractivity contribution in [1.29, 1.82) is 0 Å². The first-order valence-corrected chi connectivity index (χ1v) is 21.7. The predicted octanol–water partition coefficient (Wildman–Crippen LogP) is 10.4. The Morgan fingerprint density at radius 2 is 1.07 bits per heavy atom. The lowest BCUT2D eigenvalue weighted by Gasteiger charge is -2.34. The zero-order chi connectivity index (χ0) is 41.4. The molecule has 0 aliphatic carbocycles. The Morgan fingerprint density at radius 1 is 0.571 bits per heavy atom. The van der Waals surface area contributed by atoms with Crippen molar-refractivity contribution < 1.29 is 38.2 Å². The van der Waals surface area contributed by atoms with Gasteiger partial charge in [0, 0.05) is 19.3 Å². The molecule has 0 radical (unpaired) electrons. The van der Waals surface area contributed by atoms with E-state index in [2.05, 4.69) is 92.8 Å². The predicted molar refractivity (Wildman–Crippen MR) is 231 cm³/mol. The molecule has 0 saturated carbocycles. The highest BCUT2D eigenvalue weighted by molar-refractivity contribution is 5.70. The van der Waals surface area contributed by atoms with Gasteiger partial charge in [-0.2, -0.15) is 0 Å². The van der Waals surface area contributed by atoms with Crippen LogP contribution in [0.3, 0.4) is 0 Å². The number of likely N-dealkylation sites (N-methyl/N-ethyl adjacent to an activating group) is 1. The SMILES string of the molecule is CC/C=C/C/C=C/C/C=C/CCCCCCC(=O)OC(COCCC(C(=O)[O-])[N+](C)(C)C)COC(=O)CCCCCCC/C=C/C=C/C=C/C=C/CCCCC. The number of hydrogen-bond donors (Lipinski definition) is 0. The highest BCUT2D eigenvalue weighted by atomic mass is 16.6. The van der Waals surface area contributed by atoms with Crippen molar-refractivity contribution in [2.24, 2.45) is 0 Å². The third kappa shape index (κ3) is 36.2. The second-order valence-electron chi connectivity index (χ2n) is 15.3. The normalized spacial score (nSPS) is 13.8. The number of allylic oxidation sites excluding steroid dienone is 14. The first kappa shape index (κ1) is 52.5. The number of carbonyl (C=O) groups excluding carboxylic acids is 3. The minimum Gasteiger partial charge on any atom is -0.544 e. The van der Waals surface area contributed by atoms with Gasteiger partial charge in [-0.3, -0.25) is 9.59 Å². The molecule has 0 saturated heterocycles. The molecule has 2 atom stereocenters. The topological polar surface area (TPSA) is 102 Å². The first-order valence-electron chi connectivity index (χ1n) is 21.7. The van der Waals surface area contributed by atoms with E-state index in [0.717, 1.165) is 96.3 Å². The standard InChI is InChI=1S/C48H79NO7/c1-6-8-10-12-14-16-18-20-22-23-24-25-27-28-30-32-34-36-38-46(50)55-43-44(42-54-41-40-45(48(52)53)49(3,4)5)56-47(51)39-37-35-33-31-29-26-21-19-17-15-13-11-9-7-2/h9,11,14-18,20-26,44-45H,6-8,10,12-13,19,27-43H2,1-5H3/b11-9+,16-14+,17-15+,20-18+,23-22+,25-24+,26-21+. The van der Waals surface area contributed by atoms with Crippen molar-refractivity contribution in [3.05, 3.63) is 85.1 Å². The van der Waals surface area contributed by atoms with E-state index in [1.54, 1.807) is 21.1 Å². The highest BCUT2D eigenvalue weighted by Gasteiger charge is 2.25. The number of ether oxygens (including phenoxy) is 3. The van der Waals surface area contributed by atoms with Gasteiger partial charge in [-0.05, 0) is 70.6 Å². The van der Waals surface area contributed by atoms with Crippen molar-refractivity contribution in [3.63, 3.8) is 0 Å². The van der Waals surface area contributed by atoms with Crippen molar-refractivity contribution in [3.8, 4) is 0 Å². The Labute approximate surface area is 342 Å². The number of nitrogens with zero attached hydrogens (tertiary/aromatic N) is 1. The Bertz CT molecular complexity index is 1190. The molecular weight excluding hydrogens is 703 g/mol. The molecule has 2 unspecified atom stereocenters. The molecule has 0 aliphatic rings. The van der Waals surface area contributed by atoms with Gasteiger partial charge in [-0.1, -0.05) is 144 Å². The molecule has 0 N–H and O–H groups in total. The second kappa shape index (κ2) is 38.4. The van der Waals surface area contributed by atoms with Gasteiger partial charge >= 0.3 is 11.9 Å². The summed E-state index contributed by atoms with van der Waals surface area (Å²) in [6.45, 7) is 4.44. The van der Waals surface area contributed by atoms with Gasteiger partial charge < -0.3 is 28.6 Å². The number of esters is 2. The maximum Gasteiger partial charge on any atom is 0.306 e. The van der Waals surface area contributed by atoms with Gasteiger partial charge in [0.2, 0.25) is 0 Å². The van der Waals surface area contributed by atoms with E-state index >= 15 is 0 Å². The number of carboxylic acids is 1. The largest absolute Gasteiger partial charge is 0.544 e. The van der Waals surface area contributed by atoms with E-state index < -0.39 is 18.1 Å². The molecule has 0 aromatic carbocycles. The zero-order valence-corrected chi connectivity index (χ0v) is 36.0. The summed E-state index contributed by atoms with van der Waals surface area (Å²) >= 11 is 0. The number of carboxylic acid groups (broad SMARTS) is 1. The van der Waals surface area contributed by atoms with Crippen LogP contribution in [0.15, 0.2) is 85.1 Å². The summed E-state index contributed by atoms with van der Waals surface area (Å²) in [4.78, 5) is 36.8. The average Bonchev–Trinajstić information content (AvgIpc) is 3.15. The summed E-state index contributed by atoms with van der Waals surface area (Å²) in [5.41, 5.74) is 0. The summed E-state index contributed by atoms with van der Waals surface area (Å²) < 4.78 is 17.1. The van der Waals surface area contributed by atoms with Crippen molar-refractivity contribution in [2.75, 3.05) is 41.0 Å². The first-order chi connectivity index (χ1) is 27.1. The maximum absolute atomic E-state index is 12.7. The Hall–Kier alpha value is -3.49. The fourth-order valence-electron chi connectivity index (χ4n) is 5.74. The van der Waals surface area contributed by atoms with Crippen molar-refractivity contribution in [1.82, 2.24) is 0 Å². The van der Waals surface area contributed by atoms with Gasteiger partial charge in [0.15, 0.2) is 6.10 Å². The number of aliphatic carboxylic acids is 1. The van der Waals surface area contributed by atoms with Crippen molar-refractivity contribution in [2.45, 2.75) is 161 Å². The summed E-state index contributed by atoms with van der Waals surface area (Å²) in [5.74, 6) is -1.81. The lowest BCUT2D eigenvalue weighted by Crippen LogP contribution is -2.55. The molecule has 318 valence electrons. The number of quaternary nitrogens is 1. The van der Waals surface area contributed by atoms with Gasteiger partial charge in [-0.15, -0.1) is 0 Å². The number of unbranched alkanes of at least 4 members (excludes halogenated alkanes) is 12. The Balaban J connectivity index is 4.46. The molecule has 0 bridgehead atoms. The van der Waals surface area contributed by atoms with Crippen LogP contribution in [0.4, 0.5) is 0 Å². The minimum atomic E-state index is -1.14. The molecule has 8 nitrogen and oxygen atoms in total. The van der Waals surface area contributed by atoms with Gasteiger partial charge in [-0.25, -0.2) is 0 Å². The Morgan fingerprint density at radius 3 is 1.64 bits per heavy atom. The molecular formula is C48H79NO7. The van der Waals surface area contributed by atoms with Gasteiger partial charge in [0.1, 0.15) is 12.6 Å². The number of hydrogen-bond acceptors (Lipinski definition) is 7. The molecule has 0 aromatic heterocycles. The Kier molecular flexibility index (Phi) is 36.0. The monoisotopic (exact) mass is 782 g/mol. The van der Waals surface area contributed by atoms with Crippen LogP contribution >= 0.6 is 0 Å². The second-order valence-corrected chi connectivity index (χ2v) is 15.3. The lowest BCUT2D eigenvalue weighted by molar-refractivity contribution is -0.889. The lowest BCUT2D eigenvalue weighted by atomic mass is 10.1. The molecule has 0 heterocycles. The fourth-order valence-corrected chi connectivity index (χ4v) is 5.74. The van der Waals surface area contributed by atoms with E-state index in [-0.39, 0.29) is 49.1 Å². The summed E-state index contributed by atoms with van der Waals surface area (Å²) in [5, 5.41) is 11.6. The van der Waals surface area contributed by atoms with Crippen LogP contribution in [-0.4, -0.2) is 75.5 Å². The van der Waals surface area contributed by atoms with Crippen LogP contribution in [0.25, 0.3) is 0 Å².